The minimum Gasteiger partial charge on any atom is -0.399 e. The molecule has 21 heavy (non-hydrogen) atoms. The molecule has 0 spiro atoms. The minimum absolute atomic E-state index is 0.136. The van der Waals surface area contributed by atoms with Gasteiger partial charge in [0.05, 0.1) is 23.3 Å². The van der Waals surface area contributed by atoms with Crippen LogP contribution in [0.25, 0.3) is 0 Å². The molecule has 1 saturated carbocycles. The maximum absolute atomic E-state index is 9.79. The number of aliphatic hydroxyl groups is 1. The van der Waals surface area contributed by atoms with Crippen LogP contribution in [0.5, 0.6) is 0 Å². The average molecular weight is 292 g/mol. The quantitative estimate of drug-likeness (QED) is 0.857. The van der Waals surface area contributed by atoms with Crippen molar-refractivity contribution in [2.75, 3.05) is 6.61 Å². The van der Waals surface area contributed by atoms with Crippen LogP contribution in [-0.4, -0.2) is 39.8 Å². The lowest BCUT2D eigenvalue weighted by molar-refractivity contribution is 0.00578. The first-order valence-corrected chi connectivity index (χ1v) is 7.81. The van der Waals surface area contributed by atoms with Gasteiger partial charge in [-0.05, 0) is 40.5 Å². The number of nitrogens with zero attached hydrogens (tertiary/aromatic N) is 2. The van der Waals surface area contributed by atoms with E-state index in [0.717, 1.165) is 31.1 Å². The van der Waals surface area contributed by atoms with Crippen molar-refractivity contribution in [2.45, 2.75) is 70.1 Å². The highest BCUT2D eigenvalue weighted by Gasteiger charge is 2.52. The van der Waals surface area contributed by atoms with Gasteiger partial charge in [0.15, 0.2) is 0 Å². The van der Waals surface area contributed by atoms with E-state index in [2.05, 4.69) is 5.10 Å². The van der Waals surface area contributed by atoms with E-state index < -0.39 is 0 Å². The Morgan fingerprint density at radius 1 is 1.19 bits per heavy atom. The summed E-state index contributed by atoms with van der Waals surface area (Å²) in [6.07, 6.45) is 8.03. The third kappa shape index (κ3) is 2.33. The van der Waals surface area contributed by atoms with Crippen molar-refractivity contribution >= 4 is 12.6 Å². The van der Waals surface area contributed by atoms with Gasteiger partial charge in [0, 0.05) is 17.9 Å². The highest BCUT2D eigenvalue weighted by molar-refractivity contribution is 6.62. The lowest BCUT2D eigenvalue weighted by Crippen LogP contribution is -2.41. The molecule has 2 heterocycles. The summed E-state index contributed by atoms with van der Waals surface area (Å²) in [5, 5.41) is 14.3. The second-order valence-electron chi connectivity index (χ2n) is 7.40. The Morgan fingerprint density at radius 3 is 2.29 bits per heavy atom. The molecule has 6 heteroatoms. The molecule has 3 rings (SSSR count). The van der Waals surface area contributed by atoms with Crippen molar-refractivity contribution in [1.82, 2.24) is 9.78 Å². The molecule has 0 bridgehead atoms. The standard InChI is InChI=1S/C15H25BN2O3/c1-13(2)14(3,4)21-16(20-13)12-9-17-18(10-12)15(11-19)7-5-6-8-15/h9-10,19H,5-8,11H2,1-4H3. The van der Waals surface area contributed by atoms with Crippen molar-refractivity contribution in [3.63, 3.8) is 0 Å². The normalized spacial score (nSPS) is 26.4. The first kappa shape index (κ1) is 15.1. The molecule has 2 fully saturated rings. The summed E-state index contributed by atoms with van der Waals surface area (Å²) in [6.45, 7) is 8.32. The molecule has 1 aliphatic heterocycles. The number of aliphatic hydroxyl groups excluding tert-OH is 1. The SMILES string of the molecule is CC1(C)OB(c2cnn(C3(CO)CCCC3)c2)OC1(C)C. The van der Waals surface area contributed by atoms with Crippen molar-refractivity contribution in [2.24, 2.45) is 0 Å². The van der Waals surface area contributed by atoms with Gasteiger partial charge in [-0.3, -0.25) is 4.68 Å². The smallest absolute Gasteiger partial charge is 0.399 e. The Hall–Kier alpha value is -0.845. The Morgan fingerprint density at radius 2 is 1.76 bits per heavy atom. The molecular weight excluding hydrogens is 267 g/mol. The highest BCUT2D eigenvalue weighted by Crippen LogP contribution is 2.37. The largest absolute Gasteiger partial charge is 0.498 e. The van der Waals surface area contributed by atoms with Gasteiger partial charge in [-0.15, -0.1) is 0 Å². The molecule has 0 aromatic carbocycles. The third-order valence-corrected chi connectivity index (χ3v) is 5.44. The molecule has 1 aromatic rings. The second kappa shape index (κ2) is 4.83. The number of hydrogen-bond acceptors (Lipinski definition) is 4. The topological polar surface area (TPSA) is 56.5 Å². The lowest BCUT2D eigenvalue weighted by atomic mass is 9.82. The monoisotopic (exact) mass is 292 g/mol. The van der Waals surface area contributed by atoms with E-state index in [0.29, 0.717) is 0 Å². The van der Waals surface area contributed by atoms with E-state index in [1.54, 1.807) is 6.20 Å². The third-order valence-electron chi connectivity index (χ3n) is 5.44. The van der Waals surface area contributed by atoms with Crippen LogP contribution in [0.3, 0.4) is 0 Å². The fourth-order valence-electron chi connectivity index (χ4n) is 3.19. The molecule has 0 atom stereocenters. The average Bonchev–Trinajstić information content (AvgIpc) is 3.10. The van der Waals surface area contributed by atoms with Crippen molar-refractivity contribution in [1.29, 1.82) is 0 Å². The molecule has 1 saturated heterocycles. The van der Waals surface area contributed by atoms with Crippen LogP contribution in [0.15, 0.2) is 12.4 Å². The summed E-state index contributed by atoms with van der Waals surface area (Å²) in [7, 11) is -0.388. The Labute approximate surface area is 126 Å². The van der Waals surface area contributed by atoms with Crippen molar-refractivity contribution in [3.8, 4) is 0 Å². The van der Waals surface area contributed by atoms with Crippen LogP contribution in [0.4, 0.5) is 0 Å². The number of hydrogen-bond donors (Lipinski definition) is 1. The molecule has 1 N–H and O–H groups in total. The van der Waals surface area contributed by atoms with Gasteiger partial charge in [0.1, 0.15) is 0 Å². The van der Waals surface area contributed by atoms with E-state index in [9.17, 15) is 5.11 Å². The van der Waals surface area contributed by atoms with E-state index in [4.69, 9.17) is 9.31 Å². The van der Waals surface area contributed by atoms with Gasteiger partial charge in [-0.1, -0.05) is 12.8 Å². The van der Waals surface area contributed by atoms with Gasteiger partial charge in [-0.2, -0.15) is 5.10 Å². The van der Waals surface area contributed by atoms with Gasteiger partial charge >= 0.3 is 7.12 Å². The van der Waals surface area contributed by atoms with Crippen LogP contribution in [0.1, 0.15) is 53.4 Å². The molecule has 0 radical (unpaired) electrons. The number of rotatable bonds is 3. The van der Waals surface area contributed by atoms with Gasteiger partial charge in [0.25, 0.3) is 0 Å². The summed E-state index contributed by atoms with van der Waals surface area (Å²) in [5.74, 6) is 0. The summed E-state index contributed by atoms with van der Waals surface area (Å²) in [6, 6.07) is 0. The molecule has 2 aliphatic rings. The summed E-state index contributed by atoms with van der Waals surface area (Å²) >= 11 is 0. The van der Waals surface area contributed by atoms with E-state index in [1.165, 1.54) is 0 Å². The fourth-order valence-corrected chi connectivity index (χ4v) is 3.19. The van der Waals surface area contributed by atoms with Gasteiger partial charge < -0.3 is 14.4 Å². The molecule has 0 unspecified atom stereocenters. The van der Waals surface area contributed by atoms with Crippen LogP contribution < -0.4 is 5.46 Å². The zero-order valence-corrected chi connectivity index (χ0v) is 13.4. The van der Waals surface area contributed by atoms with E-state index in [-0.39, 0.29) is 30.5 Å². The molecule has 5 nitrogen and oxygen atoms in total. The predicted octanol–water partition coefficient (Wildman–Crippen LogP) is 1.44. The number of aromatic nitrogens is 2. The molecule has 116 valence electrons. The zero-order chi connectivity index (χ0) is 15.3. The second-order valence-corrected chi connectivity index (χ2v) is 7.40. The van der Waals surface area contributed by atoms with Crippen LogP contribution in [0, 0.1) is 0 Å². The highest BCUT2D eigenvalue weighted by atomic mass is 16.7. The van der Waals surface area contributed by atoms with Gasteiger partial charge in [-0.25, -0.2) is 0 Å². The van der Waals surface area contributed by atoms with E-state index >= 15 is 0 Å². The van der Waals surface area contributed by atoms with Crippen molar-refractivity contribution in [3.05, 3.63) is 12.4 Å². The first-order chi connectivity index (χ1) is 9.80. The van der Waals surface area contributed by atoms with Gasteiger partial charge in [0.2, 0.25) is 0 Å². The fraction of sp³-hybridized carbons (Fsp3) is 0.800. The lowest BCUT2D eigenvalue weighted by Gasteiger charge is -2.32. The molecule has 1 aromatic heterocycles. The van der Waals surface area contributed by atoms with Crippen LogP contribution in [0.2, 0.25) is 0 Å². The Kier molecular flexibility index (Phi) is 3.47. The van der Waals surface area contributed by atoms with Crippen LogP contribution >= 0.6 is 0 Å². The zero-order valence-electron chi connectivity index (χ0n) is 13.4. The predicted molar refractivity (Wildman–Crippen MR) is 81.5 cm³/mol. The maximum Gasteiger partial charge on any atom is 0.498 e. The Bertz CT molecular complexity index is 505. The molecular formula is C15H25BN2O3. The van der Waals surface area contributed by atoms with Crippen molar-refractivity contribution < 1.29 is 14.4 Å². The molecule has 0 amide bonds. The van der Waals surface area contributed by atoms with Crippen LogP contribution in [-0.2, 0) is 14.8 Å². The summed E-state index contributed by atoms with van der Waals surface area (Å²) < 4.78 is 14.0. The molecule has 1 aliphatic carbocycles. The summed E-state index contributed by atoms with van der Waals surface area (Å²) in [5.41, 5.74) is -0.000706. The van der Waals surface area contributed by atoms with E-state index in [1.807, 2.05) is 38.6 Å². The first-order valence-electron chi connectivity index (χ1n) is 7.81. The Balaban J connectivity index is 1.83. The minimum atomic E-state index is -0.388. The summed E-state index contributed by atoms with van der Waals surface area (Å²) in [4.78, 5) is 0. The maximum atomic E-state index is 9.79.